The van der Waals surface area contributed by atoms with Gasteiger partial charge in [0.25, 0.3) is 11.8 Å². The van der Waals surface area contributed by atoms with Crippen LogP contribution in [-0.4, -0.2) is 30.4 Å². The lowest BCUT2D eigenvalue weighted by atomic mass is 9.93. The molecule has 0 radical (unpaired) electrons. The first-order valence-corrected chi connectivity index (χ1v) is 13.1. The summed E-state index contributed by atoms with van der Waals surface area (Å²) >= 11 is 0. The molecule has 0 spiro atoms. The number of benzene rings is 3. The van der Waals surface area contributed by atoms with E-state index in [4.69, 9.17) is 4.42 Å². The second-order valence-electron chi connectivity index (χ2n) is 10.2. The number of aromatic nitrogens is 1. The van der Waals surface area contributed by atoms with Crippen LogP contribution in [0.15, 0.2) is 83.5 Å². The molecule has 5 rings (SSSR count). The quantitative estimate of drug-likeness (QED) is 0.235. The zero-order valence-corrected chi connectivity index (χ0v) is 22.8. The molecule has 2 N–H and O–H groups in total. The lowest BCUT2D eigenvalue weighted by molar-refractivity contribution is 0.0946. The maximum atomic E-state index is 13.6. The van der Waals surface area contributed by atoms with E-state index in [2.05, 4.69) is 15.6 Å². The number of nitrogens with one attached hydrogen (secondary N) is 2. The van der Waals surface area contributed by atoms with Crippen LogP contribution in [-0.2, 0) is 0 Å². The average Bonchev–Trinajstić information content (AvgIpc) is 3.34. The fourth-order valence-electron chi connectivity index (χ4n) is 4.69. The van der Waals surface area contributed by atoms with Crippen LogP contribution >= 0.6 is 0 Å². The number of halogens is 1. The van der Waals surface area contributed by atoms with Crippen LogP contribution in [0.4, 0.5) is 4.39 Å². The van der Waals surface area contributed by atoms with Gasteiger partial charge in [-0.1, -0.05) is 32.0 Å². The molecular formula is C33H30FN3O3. The smallest absolute Gasteiger partial charge is 0.255 e. The van der Waals surface area contributed by atoms with Crippen molar-refractivity contribution < 1.29 is 18.4 Å². The molecule has 0 atom stereocenters. The lowest BCUT2D eigenvalue weighted by Gasteiger charge is -2.14. The van der Waals surface area contributed by atoms with Gasteiger partial charge >= 0.3 is 0 Å². The van der Waals surface area contributed by atoms with Crippen molar-refractivity contribution in [2.24, 2.45) is 5.92 Å². The van der Waals surface area contributed by atoms with Crippen molar-refractivity contribution in [2.45, 2.75) is 20.8 Å². The van der Waals surface area contributed by atoms with E-state index >= 15 is 0 Å². The van der Waals surface area contributed by atoms with E-state index in [-0.39, 0.29) is 17.6 Å². The zero-order chi connectivity index (χ0) is 28.4. The van der Waals surface area contributed by atoms with Crippen molar-refractivity contribution in [1.82, 2.24) is 15.6 Å². The Morgan fingerprint density at radius 2 is 1.57 bits per heavy atom. The Hall–Kier alpha value is -4.78. The minimum atomic E-state index is -0.373. The minimum absolute atomic E-state index is 0.166. The van der Waals surface area contributed by atoms with Crippen molar-refractivity contribution in [3.05, 3.63) is 102 Å². The first-order valence-electron chi connectivity index (χ1n) is 13.1. The van der Waals surface area contributed by atoms with Gasteiger partial charge in [-0.05, 0) is 83.6 Å². The highest BCUT2D eigenvalue weighted by Gasteiger charge is 2.22. The highest BCUT2D eigenvalue weighted by molar-refractivity contribution is 6.12. The summed E-state index contributed by atoms with van der Waals surface area (Å²) in [5.74, 6) is -0.185. The molecule has 0 fully saturated rings. The molecular weight excluding hydrogens is 505 g/mol. The molecule has 0 aliphatic rings. The standard InChI is InChI=1S/C33H30FN3O3/c1-19(2)16-37-32(38)27-14-22(7-11-26(27)24-13-20(3)17-36-18-24)23-8-12-29-28(15-23)30(33(39)35-4)31(40-29)21-5-9-25(34)10-6-21/h5-15,17-19H,16H2,1-4H3,(H,35,39)(H,37,38). The topological polar surface area (TPSA) is 84.2 Å². The maximum absolute atomic E-state index is 13.6. The minimum Gasteiger partial charge on any atom is -0.455 e. The highest BCUT2D eigenvalue weighted by Crippen LogP contribution is 2.37. The number of pyridine rings is 1. The van der Waals surface area contributed by atoms with E-state index in [9.17, 15) is 14.0 Å². The summed E-state index contributed by atoms with van der Waals surface area (Å²) in [6.45, 7) is 6.61. The van der Waals surface area contributed by atoms with Crippen LogP contribution in [0.3, 0.4) is 0 Å². The Balaban J connectivity index is 1.64. The molecule has 5 aromatic rings. The third kappa shape index (κ3) is 5.36. The normalized spacial score (nSPS) is 11.2. The summed E-state index contributed by atoms with van der Waals surface area (Å²) in [4.78, 5) is 30.7. The van der Waals surface area contributed by atoms with Gasteiger partial charge in [0, 0.05) is 48.1 Å². The van der Waals surface area contributed by atoms with Gasteiger partial charge in [-0.3, -0.25) is 14.6 Å². The summed E-state index contributed by atoms with van der Waals surface area (Å²) in [6.07, 6.45) is 3.53. The Morgan fingerprint density at radius 3 is 2.27 bits per heavy atom. The number of nitrogens with zero attached hydrogens (tertiary/aromatic N) is 1. The van der Waals surface area contributed by atoms with Gasteiger partial charge in [-0.15, -0.1) is 0 Å². The van der Waals surface area contributed by atoms with E-state index < -0.39 is 0 Å². The largest absolute Gasteiger partial charge is 0.455 e. The number of fused-ring (bicyclic) bond motifs is 1. The molecule has 202 valence electrons. The van der Waals surface area contributed by atoms with Crippen LogP contribution in [0, 0.1) is 18.7 Å². The van der Waals surface area contributed by atoms with Crippen LogP contribution in [0.25, 0.3) is 44.5 Å². The van der Waals surface area contributed by atoms with Crippen molar-refractivity contribution in [3.63, 3.8) is 0 Å². The van der Waals surface area contributed by atoms with Crippen LogP contribution in [0.2, 0.25) is 0 Å². The number of hydrogen-bond acceptors (Lipinski definition) is 4. The van der Waals surface area contributed by atoms with E-state index in [1.165, 1.54) is 12.1 Å². The van der Waals surface area contributed by atoms with Gasteiger partial charge in [0.2, 0.25) is 0 Å². The summed E-state index contributed by atoms with van der Waals surface area (Å²) in [5, 5.41) is 6.34. The SMILES string of the molecule is CNC(=O)c1c(-c2ccc(F)cc2)oc2ccc(-c3ccc(-c4cncc(C)c4)c(C(=O)NCC(C)C)c3)cc12. The summed E-state index contributed by atoms with van der Waals surface area (Å²) < 4.78 is 19.7. The van der Waals surface area contributed by atoms with Crippen LogP contribution < -0.4 is 10.6 Å². The summed E-state index contributed by atoms with van der Waals surface area (Å²) in [5.41, 5.74) is 6.30. The van der Waals surface area contributed by atoms with Gasteiger partial charge in [-0.2, -0.15) is 0 Å². The second-order valence-corrected chi connectivity index (χ2v) is 10.2. The van der Waals surface area contributed by atoms with Crippen LogP contribution in [0.5, 0.6) is 0 Å². The first kappa shape index (κ1) is 26.8. The number of hydrogen-bond donors (Lipinski definition) is 2. The van der Waals surface area contributed by atoms with Gasteiger partial charge in [0.15, 0.2) is 0 Å². The van der Waals surface area contributed by atoms with Gasteiger partial charge in [0.05, 0.1) is 5.56 Å². The molecule has 3 aromatic carbocycles. The molecule has 2 heterocycles. The number of rotatable bonds is 7. The molecule has 40 heavy (non-hydrogen) atoms. The predicted octanol–water partition coefficient (Wildman–Crippen LogP) is 7.02. The maximum Gasteiger partial charge on any atom is 0.255 e. The van der Waals surface area contributed by atoms with E-state index in [1.54, 1.807) is 37.6 Å². The third-order valence-electron chi connectivity index (χ3n) is 6.70. The Labute approximate surface area is 232 Å². The Kier molecular flexibility index (Phi) is 7.47. The molecule has 0 bridgehead atoms. The van der Waals surface area contributed by atoms with Gasteiger partial charge in [-0.25, -0.2) is 4.39 Å². The Bertz CT molecular complexity index is 1720. The number of carbonyl (C=O) groups is 2. The molecule has 0 unspecified atom stereocenters. The molecule has 2 aromatic heterocycles. The molecule has 0 aliphatic heterocycles. The fraction of sp³-hybridized carbons (Fsp3) is 0.182. The zero-order valence-electron chi connectivity index (χ0n) is 22.8. The highest BCUT2D eigenvalue weighted by atomic mass is 19.1. The molecule has 0 aliphatic carbocycles. The number of furan rings is 1. The molecule has 0 saturated carbocycles. The molecule has 7 heteroatoms. The molecule has 6 nitrogen and oxygen atoms in total. The fourth-order valence-corrected chi connectivity index (χ4v) is 4.69. The third-order valence-corrected chi connectivity index (χ3v) is 6.70. The summed E-state index contributed by atoms with van der Waals surface area (Å²) in [6, 6.07) is 19.2. The number of aryl methyl sites for hydroxylation is 1. The summed E-state index contributed by atoms with van der Waals surface area (Å²) in [7, 11) is 1.56. The predicted molar refractivity (Wildman–Crippen MR) is 156 cm³/mol. The van der Waals surface area contributed by atoms with E-state index in [0.717, 1.165) is 27.8 Å². The monoisotopic (exact) mass is 535 g/mol. The van der Waals surface area contributed by atoms with Crippen molar-refractivity contribution in [3.8, 4) is 33.6 Å². The molecule has 2 amide bonds. The van der Waals surface area contributed by atoms with E-state index in [1.807, 2.05) is 57.2 Å². The van der Waals surface area contributed by atoms with Gasteiger partial charge < -0.3 is 15.1 Å². The average molecular weight is 536 g/mol. The van der Waals surface area contributed by atoms with Crippen molar-refractivity contribution in [1.29, 1.82) is 0 Å². The molecule has 0 saturated heterocycles. The second kappa shape index (κ2) is 11.1. The number of carbonyl (C=O) groups excluding carboxylic acids is 2. The Morgan fingerprint density at radius 1 is 0.875 bits per heavy atom. The van der Waals surface area contributed by atoms with Crippen molar-refractivity contribution >= 4 is 22.8 Å². The van der Waals surface area contributed by atoms with E-state index in [0.29, 0.717) is 45.9 Å². The first-order chi connectivity index (χ1) is 19.2. The van der Waals surface area contributed by atoms with Crippen LogP contribution in [0.1, 0.15) is 40.1 Å². The van der Waals surface area contributed by atoms with Crippen molar-refractivity contribution in [2.75, 3.05) is 13.6 Å². The lowest BCUT2D eigenvalue weighted by Crippen LogP contribution is -2.27. The number of amides is 2. The van der Waals surface area contributed by atoms with Gasteiger partial charge in [0.1, 0.15) is 17.2 Å².